The summed E-state index contributed by atoms with van der Waals surface area (Å²) in [4.78, 5) is 2.46. The number of piperidine rings is 1. The fourth-order valence-electron chi connectivity index (χ4n) is 2.95. The first-order valence-electron chi connectivity index (χ1n) is 5.05. The molecule has 0 aromatic heterocycles. The highest BCUT2D eigenvalue weighted by Crippen LogP contribution is 2.58. The molecule has 1 aliphatic carbocycles. The molecule has 2 atom stereocenters. The van der Waals surface area contributed by atoms with E-state index in [1.807, 2.05) is 0 Å². The van der Waals surface area contributed by atoms with Gasteiger partial charge in [0.2, 0.25) is 0 Å². The highest BCUT2D eigenvalue weighted by atomic mass is 15.2. The van der Waals surface area contributed by atoms with Gasteiger partial charge in [0.25, 0.3) is 0 Å². The van der Waals surface area contributed by atoms with Crippen LogP contribution < -0.4 is 0 Å². The lowest BCUT2D eigenvalue weighted by atomic mass is 9.95. The molecule has 13 heavy (non-hydrogen) atoms. The molecule has 2 aliphatic rings. The van der Waals surface area contributed by atoms with Crippen LogP contribution in [-0.2, 0) is 5.41 Å². The van der Waals surface area contributed by atoms with Crippen LogP contribution in [0.1, 0.15) is 12.0 Å². The minimum Gasteiger partial charge on any atom is -0.305 e. The van der Waals surface area contributed by atoms with Gasteiger partial charge in [-0.15, -0.1) is 0 Å². The summed E-state index contributed by atoms with van der Waals surface area (Å²) in [6.45, 7) is 2.57. The monoisotopic (exact) mass is 173 g/mol. The van der Waals surface area contributed by atoms with Crippen LogP contribution >= 0.6 is 0 Å². The van der Waals surface area contributed by atoms with Crippen molar-refractivity contribution in [3.63, 3.8) is 0 Å². The van der Waals surface area contributed by atoms with Crippen molar-refractivity contribution in [2.24, 2.45) is 5.92 Å². The van der Waals surface area contributed by atoms with Gasteiger partial charge < -0.3 is 4.90 Å². The van der Waals surface area contributed by atoms with Crippen LogP contribution in [0.3, 0.4) is 0 Å². The molecule has 1 nitrogen and oxygen atoms in total. The van der Waals surface area contributed by atoms with Gasteiger partial charge in [0.15, 0.2) is 0 Å². The van der Waals surface area contributed by atoms with Crippen LogP contribution in [0.15, 0.2) is 30.3 Å². The average Bonchev–Trinajstić information content (AvgIpc) is 2.72. The van der Waals surface area contributed by atoms with Crippen molar-refractivity contribution in [3.8, 4) is 0 Å². The van der Waals surface area contributed by atoms with Gasteiger partial charge in [-0.05, 0) is 24.9 Å². The number of likely N-dealkylation sites (tertiary alicyclic amines) is 1. The Balaban J connectivity index is 1.95. The van der Waals surface area contributed by atoms with Gasteiger partial charge in [-0.2, -0.15) is 0 Å². The smallest absolute Gasteiger partial charge is 0.0124 e. The Morgan fingerprint density at radius 2 is 2.08 bits per heavy atom. The van der Waals surface area contributed by atoms with Crippen molar-refractivity contribution in [2.75, 3.05) is 20.1 Å². The molecular weight excluding hydrogens is 158 g/mol. The van der Waals surface area contributed by atoms with Crippen molar-refractivity contribution in [1.82, 2.24) is 4.90 Å². The second kappa shape index (κ2) is 2.36. The molecule has 0 radical (unpaired) electrons. The molecule has 1 heterocycles. The number of nitrogens with zero attached hydrogens (tertiary/aromatic N) is 1. The predicted molar refractivity (Wildman–Crippen MR) is 53.7 cm³/mol. The van der Waals surface area contributed by atoms with E-state index in [1.54, 1.807) is 5.56 Å². The lowest BCUT2D eigenvalue weighted by Crippen LogP contribution is -2.22. The molecule has 0 N–H and O–H groups in total. The van der Waals surface area contributed by atoms with E-state index in [4.69, 9.17) is 0 Å². The van der Waals surface area contributed by atoms with Crippen LogP contribution in [0.5, 0.6) is 0 Å². The van der Waals surface area contributed by atoms with E-state index in [2.05, 4.69) is 42.3 Å². The Morgan fingerprint density at radius 3 is 2.69 bits per heavy atom. The van der Waals surface area contributed by atoms with E-state index < -0.39 is 0 Å². The Kier molecular flexibility index (Phi) is 1.37. The van der Waals surface area contributed by atoms with Crippen LogP contribution in [0.4, 0.5) is 0 Å². The van der Waals surface area contributed by atoms with Crippen molar-refractivity contribution < 1.29 is 0 Å². The maximum absolute atomic E-state index is 2.46. The number of likely N-dealkylation sites (N-methyl/N-ethyl adjacent to an activating group) is 1. The third kappa shape index (κ3) is 0.969. The molecule has 3 rings (SSSR count). The Labute approximate surface area is 79.4 Å². The fraction of sp³-hybridized carbons (Fsp3) is 0.500. The van der Waals surface area contributed by atoms with Crippen molar-refractivity contribution in [3.05, 3.63) is 35.9 Å². The van der Waals surface area contributed by atoms with E-state index in [1.165, 1.54) is 19.5 Å². The van der Waals surface area contributed by atoms with Gasteiger partial charge in [-0.25, -0.2) is 0 Å². The lowest BCUT2D eigenvalue weighted by molar-refractivity contribution is 0.363. The highest BCUT2D eigenvalue weighted by molar-refractivity contribution is 5.36. The third-order valence-electron chi connectivity index (χ3n) is 3.66. The van der Waals surface area contributed by atoms with E-state index >= 15 is 0 Å². The van der Waals surface area contributed by atoms with Crippen LogP contribution in [-0.4, -0.2) is 25.0 Å². The minimum absolute atomic E-state index is 0.552. The second-order valence-electron chi connectivity index (χ2n) is 4.62. The summed E-state index contributed by atoms with van der Waals surface area (Å²) in [6, 6.07) is 11.0. The second-order valence-corrected chi connectivity index (χ2v) is 4.62. The summed E-state index contributed by atoms with van der Waals surface area (Å²) < 4.78 is 0. The van der Waals surface area contributed by atoms with Crippen LogP contribution in [0.2, 0.25) is 0 Å². The summed E-state index contributed by atoms with van der Waals surface area (Å²) in [7, 11) is 2.23. The average molecular weight is 173 g/mol. The first-order valence-corrected chi connectivity index (χ1v) is 5.05. The Bertz CT molecular complexity index is 319. The van der Waals surface area contributed by atoms with E-state index in [0.29, 0.717) is 5.41 Å². The molecule has 0 bridgehead atoms. The molecule has 1 aromatic carbocycles. The first-order chi connectivity index (χ1) is 6.31. The highest BCUT2D eigenvalue weighted by Gasteiger charge is 2.59. The zero-order valence-electron chi connectivity index (χ0n) is 8.03. The maximum atomic E-state index is 2.46. The molecule has 1 aromatic rings. The number of benzene rings is 1. The molecule has 1 saturated carbocycles. The quantitative estimate of drug-likeness (QED) is 0.627. The molecular formula is C12H15N. The Hall–Kier alpha value is -0.820. The molecule has 1 aliphatic heterocycles. The molecule has 2 fully saturated rings. The SMILES string of the molecule is CN1CC2CC2(c2ccccc2)C1. The van der Waals surface area contributed by atoms with Crippen molar-refractivity contribution >= 4 is 0 Å². The van der Waals surface area contributed by atoms with Crippen molar-refractivity contribution in [1.29, 1.82) is 0 Å². The summed E-state index contributed by atoms with van der Waals surface area (Å²) in [6.07, 6.45) is 1.42. The minimum atomic E-state index is 0.552. The molecule has 0 spiro atoms. The largest absolute Gasteiger partial charge is 0.305 e. The summed E-state index contributed by atoms with van der Waals surface area (Å²) in [5, 5.41) is 0. The zero-order chi connectivity index (χ0) is 8.89. The fourth-order valence-corrected chi connectivity index (χ4v) is 2.95. The number of fused-ring (bicyclic) bond motifs is 1. The van der Waals surface area contributed by atoms with Gasteiger partial charge in [0, 0.05) is 18.5 Å². The van der Waals surface area contributed by atoms with E-state index in [-0.39, 0.29) is 0 Å². The standard InChI is InChI=1S/C12H15N/c1-13-8-11-7-12(11,9-13)10-5-3-2-4-6-10/h2-6,11H,7-9H2,1H3. The van der Waals surface area contributed by atoms with Gasteiger partial charge >= 0.3 is 0 Å². The summed E-state index contributed by atoms with van der Waals surface area (Å²) in [5.74, 6) is 0.944. The lowest BCUT2D eigenvalue weighted by Gasteiger charge is -2.16. The molecule has 2 unspecified atom stereocenters. The summed E-state index contributed by atoms with van der Waals surface area (Å²) in [5.41, 5.74) is 2.11. The van der Waals surface area contributed by atoms with E-state index in [9.17, 15) is 0 Å². The predicted octanol–water partition coefficient (Wildman–Crippen LogP) is 1.89. The van der Waals surface area contributed by atoms with Gasteiger partial charge in [0.1, 0.15) is 0 Å². The van der Waals surface area contributed by atoms with Gasteiger partial charge in [0.05, 0.1) is 0 Å². The zero-order valence-corrected chi connectivity index (χ0v) is 8.03. The topological polar surface area (TPSA) is 3.24 Å². The third-order valence-corrected chi connectivity index (χ3v) is 3.66. The van der Waals surface area contributed by atoms with Crippen LogP contribution in [0, 0.1) is 5.92 Å². The molecule has 0 amide bonds. The normalized spacial score (nSPS) is 37.5. The van der Waals surface area contributed by atoms with Gasteiger partial charge in [-0.3, -0.25) is 0 Å². The molecule has 1 saturated heterocycles. The van der Waals surface area contributed by atoms with Crippen LogP contribution in [0.25, 0.3) is 0 Å². The number of hydrogen-bond donors (Lipinski definition) is 0. The molecule has 68 valence electrons. The summed E-state index contributed by atoms with van der Waals surface area (Å²) >= 11 is 0. The number of rotatable bonds is 1. The Morgan fingerprint density at radius 1 is 1.31 bits per heavy atom. The van der Waals surface area contributed by atoms with E-state index in [0.717, 1.165) is 5.92 Å². The number of hydrogen-bond acceptors (Lipinski definition) is 1. The van der Waals surface area contributed by atoms with Crippen molar-refractivity contribution in [2.45, 2.75) is 11.8 Å². The first kappa shape index (κ1) is 7.57. The van der Waals surface area contributed by atoms with Gasteiger partial charge in [-0.1, -0.05) is 30.3 Å². The molecule has 1 heteroatoms. The maximum Gasteiger partial charge on any atom is 0.0124 e.